The predicted octanol–water partition coefficient (Wildman–Crippen LogP) is 3.36. The van der Waals surface area contributed by atoms with Crippen molar-refractivity contribution < 1.29 is 0 Å². The van der Waals surface area contributed by atoms with Crippen molar-refractivity contribution in [1.29, 1.82) is 0 Å². The molecule has 0 aliphatic carbocycles. The SMILES string of the molecule is CCN1CCC(Cn2ccnc2Nc2ccccc2)CC1. The lowest BCUT2D eigenvalue weighted by atomic mass is 9.97. The summed E-state index contributed by atoms with van der Waals surface area (Å²) in [7, 11) is 0. The van der Waals surface area contributed by atoms with Crippen LogP contribution in [0.4, 0.5) is 11.6 Å². The van der Waals surface area contributed by atoms with Crippen LogP contribution in [0.25, 0.3) is 0 Å². The van der Waals surface area contributed by atoms with Gasteiger partial charge in [0, 0.05) is 24.6 Å². The predicted molar refractivity (Wildman–Crippen MR) is 86.8 cm³/mol. The first kappa shape index (κ1) is 14.1. The summed E-state index contributed by atoms with van der Waals surface area (Å²) in [6, 6.07) is 10.2. The van der Waals surface area contributed by atoms with E-state index < -0.39 is 0 Å². The molecule has 0 radical (unpaired) electrons. The molecule has 1 aliphatic heterocycles. The Balaban J connectivity index is 1.61. The third kappa shape index (κ3) is 3.64. The Morgan fingerprint density at radius 2 is 1.95 bits per heavy atom. The van der Waals surface area contributed by atoms with Crippen molar-refractivity contribution in [1.82, 2.24) is 14.5 Å². The number of para-hydroxylation sites is 1. The minimum atomic E-state index is 0.762. The van der Waals surface area contributed by atoms with Crippen molar-refractivity contribution in [3.05, 3.63) is 42.7 Å². The molecular formula is C17H24N4. The zero-order chi connectivity index (χ0) is 14.5. The van der Waals surface area contributed by atoms with E-state index >= 15 is 0 Å². The molecule has 0 amide bonds. The number of imidazole rings is 1. The van der Waals surface area contributed by atoms with Gasteiger partial charge in [0.05, 0.1) is 0 Å². The highest BCUT2D eigenvalue weighted by Crippen LogP contribution is 2.21. The number of hydrogen-bond acceptors (Lipinski definition) is 3. The quantitative estimate of drug-likeness (QED) is 0.914. The number of anilines is 2. The number of hydrogen-bond donors (Lipinski definition) is 1. The third-order valence-corrected chi connectivity index (χ3v) is 4.35. The average molecular weight is 284 g/mol. The van der Waals surface area contributed by atoms with Crippen LogP contribution in [0.2, 0.25) is 0 Å². The summed E-state index contributed by atoms with van der Waals surface area (Å²) in [6.07, 6.45) is 6.54. The van der Waals surface area contributed by atoms with Crippen molar-refractivity contribution >= 4 is 11.6 Å². The summed E-state index contributed by atoms with van der Waals surface area (Å²) in [5, 5.41) is 3.40. The van der Waals surface area contributed by atoms with Crippen LogP contribution in [-0.2, 0) is 6.54 Å². The average Bonchev–Trinajstić information content (AvgIpc) is 2.96. The summed E-state index contributed by atoms with van der Waals surface area (Å²) in [5.74, 6) is 1.71. The number of rotatable bonds is 5. The van der Waals surface area contributed by atoms with Crippen molar-refractivity contribution in [2.24, 2.45) is 5.92 Å². The summed E-state index contributed by atoms with van der Waals surface area (Å²) < 4.78 is 2.25. The third-order valence-electron chi connectivity index (χ3n) is 4.35. The lowest BCUT2D eigenvalue weighted by molar-refractivity contribution is 0.181. The Morgan fingerprint density at radius 1 is 1.19 bits per heavy atom. The van der Waals surface area contributed by atoms with E-state index in [0.29, 0.717) is 0 Å². The second-order valence-electron chi connectivity index (χ2n) is 5.77. The molecule has 2 heterocycles. The second kappa shape index (κ2) is 6.76. The largest absolute Gasteiger partial charge is 0.326 e. The van der Waals surface area contributed by atoms with Crippen molar-refractivity contribution in [2.75, 3.05) is 25.0 Å². The zero-order valence-corrected chi connectivity index (χ0v) is 12.7. The van der Waals surface area contributed by atoms with Gasteiger partial charge in [-0.25, -0.2) is 4.98 Å². The zero-order valence-electron chi connectivity index (χ0n) is 12.7. The van der Waals surface area contributed by atoms with Crippen LogP contribution in [0.3, 0.4) is 0 Å². The number of nitrogens with one attached hydrogen (secondary N) is 1. The van der Waals surface area contributed by atoms with Gasteiger partial charge in [0.2, 0.25) is 5.95 Å². The molecule has 0 atom stereocenters. The van der Waals surface area contributed by atoms with Gasteiger partial charge in [0.15, 0.2) is 0 Å². The number of likely N-dealkylation sites (tertiary alicyclic amines) is 1. The molecule has 2 aromatic rings. The van der Waals surface area contributed by atoms with Crippen molar-refractivity contribution in [3.63, 3.8) is 0 Å². The first-order valence-corrected chi connectivity index (χ1v) is 7.90. The first-order valence-electron chi connectivity index (χ1n) is 7.90. The van der Waals surface area contributed by atoms with E-state index in [-0.39, 0.29) is 0 Å². The molecule has 1 aromatic carbocycles. The highest BCUT2D eigenvalue weighted by molar-refractivity contribution is 5.52. The molecule has 112 valence electrons. The molecule has 3 rings (SSSR count). The fraction of sp³-hybridized carbons (Fsp3) is 0.471. The maximum Gasteiger partial charge on any atom is 0.207 e. The van der Waals surface area contributed by atoms with E-state index in [0.717, 1.165) is 24.1 Å². The van der Waals surface area contributed by atoms with Gasteiger partial charge >= 0.3 is 0 Å². The number of benzene rings is 1. The maximum absolute atomic E-state index is 4.45. The van der Waals surface area contributed by atoms with E-state index in [1.807, 2.05) is 24.4 Å². The smallest absolute Gasteiger partial charge is 0.207 e. The van der Waals surface area contributed by atoms with Crippen LogP contribution in [-0.4, -0.2) is 34.1 Å². The Bertz CT molecular complexity index is 541. The fourth-order valence-electron chi connectivity index (χ4n) is 2.99. The Morgan fingerprint density at radius 3 is 2.67 bits per heavy atom. The van der Waals surface area contributed by atoms with Gasteiger partial charge in [0.1, 0.15) is 0 Å². The van der Waals surface area contributed by atoms with Crippen LogP contribution in [0.5, 0.6) is 0 Å². The standard InChI is InChI=1S/C17H24N4/c1-2-20-11-8-15(9-12-20)14-21-13-10-18-17(21)19-16-6-4-3-5-7-16/h3-7,10,13,15H,2,8-9,11-12,14H2,1H3,(H,18,19). The topological polar surface area (TPSA) is 33.1 Å². The summed E-state index contributed by atoms with van der Waals surface area (Å²) in [6.45, 7) is 6.96. The lowest BCUT2D eigenvalue weighted by Crippen LogP contribution is -2.34. The van der Waals surface area contributed by atoms with E-state index in [1.54, 1.807) is 0 Å². The lowest BCUT2D eigenvalue weighted by Gasteiger charge is -2.31. The first-order chi connectivity index (χ1) is 10.3. The molecule has 4 heteroatoms. The molecular weight excluding hydrogens is 260 g/mol. The second-order valence-corrected chi connectivity index (χ2v) is 5.77. The molecule has 0 spiro atoms. The van der Waals surface area contributed by atoms with Crippen LogP contribution >= 0.6 is 0 Å². The molecule has 1 fully saturated rings. The molecule has 1 N–H and O–H groups in total. The van der Waals surface area contributed by atoms with E-state index in [9.17, 15) is 0 Å². The molecule has 0 saturated carbocycles. The molecule has 4 nitrogen and oxygen atoms in total. The minimum absolute atomic E-state index is 0.762. The van der Waals surface area contributed by atoms with Gasteiger partial charge in [-0.05, 0) is 50.5 Å². The Kier molecular flexibility index (Phi) is 4.55. The monoisotopic (exact) mass is 284 g/mol. The van der Waals surface area contributed by atoms with Crippen LogP contribution in [0.15, 0.2) is 42.7 Å². The molecule has 0 unspecified atom stereocenters. The van der Waals surface area contributed by atoms with Gasteiger partial charge in [0.25, 0.3) is 0 Å². The minimum Gasteiger partial charge on any atom is -0.326 e. The van der Waals surface area contributed by atoms with E-state index in [2.05, 4.69) is 45.0 Å². The number of nitrogens with zero attached hydrogens (tertiary/aromatic N) is 3. The molecule has 0 bridgehead atoms. The van der Waals surface area contributed by atoms with Gasteiger partial charge in [-0.1, -0.05) is 25.1 Å². The molecule has 1 aliphatic rings. The van der Waals surface area contributed by atoms with Crippen LogP contribution in [0, 0.1) is 5.92 Å². The normalized spacial score (nSPS) is 17.0. The van der Waals surface area contributed by atoms with Crippen molar-refractivity contribution in [3.8, 4) is 0 Å². The molecule has 1 aromatic heterocycles. The van der Waals surface area contributed by atoms with E-state index in [4.69, 9.17) is 0 Å². The Labute approximate surface area is 126 Å². The van der Waals surface area contributed by atoms with Gasteiger partial charge in [-0.15, -0.1) is 0 Å². The van der Waals surface area contributed by atoms with Gasteiger partial charge in [-0.3, -0.25) is 0 Å². The van der Waals surface area contributed by atoms with Crippen LogP contribution < -0.4 is 5.32 Å². The molecule has 1 saturated heterocycles. The molecule has 21 heavy (non-hydrogen) atoms. The van der Waals surface area contributed by atoms with Gasteiger partial charge < -0.3 is 14.8 Å². The van der Waals surface area contributed by atoms with Crippen molar-refractivity contribution in [2.45, 2.75) is 26.3 Å². The summed E-state index contributed by atoms with van der Waals surface area (Å²) >= 11 is 0. The summed E-state index contributed by atoms with van der Waals surface area (Å²) in [5.41, 5.74) is 1.09. The number of piperidine rings is 1. The Hall–Kier alpha value is -1.81. The summed E-state index contributed by atoms with van der Waals surface area (Å²) in [4.78, 5) is 6.98. The fourth-order valence-corrected chi connectivity index (χ4v) is 2.99. The number of aromatic nitrogens is 2. The highest BCUT2D eigenvalue weighted by Gasteiger charge is 2.19. The maximum atomic E-state index is 4.45. The van der Waals surface area contributed by atoms with Gasteiger partial charge in [-0.2, -0.15) is 0 Å². The highest BCUT2D eigenvalue weighted by atomic mass is 15.2. The van der Waals surface area contributed by atoms with Crippen LogP contribution in [0.1, 0.15) is 19.8 Å². The van der Waals surface area contributed by atoms with E-state index in [1.165, 1.54) is 32.5 Å².